The Labute approximate surface area is 549 Å². The summed E-state index contributed by atoms with van der Waals surface area (Å²) < 4.78 is 60.8. The Bertz CT molecular complexity index is 2240. The molecule has 0 aliphatic heterocycles. The van der Waals surface area contributed by atoms with Crippen LogP contribution >= 0.6 is 15.6 Å². The lowest BCUT2D eigenvalue weighted by Gasteiger charge is -2.21. The lowest BCUT2D eigenvalue weighted by Crippen LogP contribution is -2.30. The molecule has 0 saturated heterocycles. The summed E-state index contributed by atoms with van der Waals surface area (Å²) in [5, 5.41) is 20.5. The van der Waals surface area contributed by atoms with Crippen molar-refractivity contribution in [2.24, 2.45) is 0 Å². The molecule has 5 unspecified atom stereocenters. The molecule has 91 heavy (non-hydrogen) atoms. The molecule has 0 aromatic heterocycles. The van der Waals surface area contributed by atoms with E-state index in [0.29, 0.717) is 19.3 Å². The van der Waals surface area contributed by atoms with E-state index < -0.39 is 91.5 Å². The van der Waals surface area contributed by atoms with Crippen LogP contribution in [-0.2, 0) is 55.8 Å². The topological polar surface area (TPSA) is 231 Å². The van der Waals surface area contributed by atoms with Gasteiger partial charge in [0.15, 0.2) is 6.10 Å². The minimum Gasteiger partial charge on any atom is -0.463 e. The second-order valence-electron chi connectivity index (χ2n) is 22.2. The van der Waals surface area contributed by atoms with Crippen molar-refractivity contribution >= 4 is 33.6 Å². The zero-order valence-electron chi connectivity index (χ0n) is 56.0. The molecule has 18 heteroatoms. The number of phosphoric ester groups is 2. The van der Waals surface area contributed by atoms with E-state index in [1.165, 1.54) is 25.7 Å². The molecule has 0 aliphatic rings. The van der Waals surface area contributed by atoms with Gasteiger partial charge in [0.25, 0.3) is 0 Å². The van der Waals surface area contributed by atoms with Gasteiger partial charge in [-0.15, -0.1) is 0 Å². The summed E-state index contributed by atoms with van der Waals surface area (Å²) in [6.07, 6.45) is 77.6. The summed E-state index contributed by atoms with van der Waals surface area (Å²) in [4.78, 5) is 58.4. The van der Waals surface area contributed by atoms with Crippen molar-refractivity contribution < 1.29 is 75.8 Å². The van der Waals surface area contributed by atoms with Gasteiger partial charge in [-0.3, -0.25) is 32.5 Å². The zero-order chi connectivity index (χ0) is 66.7. The van der Waals surface area contributed by atoms with E-state index in [2.05, 4.69) is 167 Å². The van der Waals surface area contributed by atoms with E-state index in [4.69, 9.17) is 32.3 Å². The number of rotatable bonds is 63. The van der Waals surface area contributed by atoms with Crippen molar-refractivity contribution in [3.8, 4) is 0 Å². The molecule has 0 spiro atoms. The number of phosphoric acid groups is 2. The smallest absolute Gasteiger partial charge is 0.463 e. The Hall–Kier alpha value is -4.57. The lowest BCUT2D eigenvalue weighted by molar-refractivity contribution is -0.161. The van der Waals surface area contributed by atoms with Crippen molar-refractivity contribution in [1.82, 2.24) is 0 Å². The molecule has 0 saturated carbocycles. The Morgan fingerprint density at radius 3 is 0.956 bits per heavy atom. The van der Waals surface area contributed by atoms with Gasteiger partial charge in [-0.2, -0.15) is 0 Å². The molecule has 0 radical (unpaired) electrons. The molecule has 4 N–H and O–H groups in total. The molecular weight excluding hydrogens is 1190 g/mol. The van der Waals surface area contributed by atoms with Gasteiger partial charge in [-0.1, -0.05) is 224 Å². The summed E-state index contributed by atoms with van der Waals surface area (Å²) in [5.74, 6) is -1.66. The Morgan fingerprint density at radius 2 is 0.582 bits per heavy atom. The molecule has 0 aromatic carbocycles. The molecule has 16 nitrogen and oxygen atoms in total. The number of esters is 3. The minimum atomic E-state index is -4.94. The number of hydrogen-bond donors (Lipinski definition) is 4. The van der Waals surface area contributed by atoms with Crippen molar-refractivity contribution in [3.05, 3.63) is 146 Å². The zero-order valence-corrected chi connectivity index (χ0v) is 57.7. The fourth-order valence-electron chi connectivity index (χ4n) is 8.36. The molecule has 0 aromatic rings. The number of unbranched alkanes of at least 4 members (excludes halogenated alkanes) is 16. The average molecular weight is 1320 g/mol. The van der Waals surface area contributed by atoms with Gasteiger partial charge in [-0.25, -0.2) is 9.13 Å². The van der Waals surface area contributed by atoms with E-state index in [9.17, 15) is 43.5 Å². The number of allylic oxidation sites excluding steroid dienone is 24. The molecule has 0 amide bonds. The predicted molar refractivity (Wildman–Crippen MR) is 371 cm³/mol. The van der Waals surface area contributed by atoms with E-state index in [0.717, 1.165) is 154 Å². The first-order chi connectivity index (χ1) is 44.2. The van der Waals surface area contributed by atoms with Crippen LogP contribution in [-0.4, -0.2) is 95.9 Å². The van der Waals surface area contributed by atoms with Crippen molar-refractivity contribution in [1.29, 1.82) is 0 Å². The van der Waals surface area contributed by atoms with E-state index in [1.807, 2.05) is 0 Å². The van der Waals surface area contributed by atoms with Crippen LogP contribution in [0.3, 0.4) is 0 Å². The normalized spacial score (nSPS) is 15.1. The Balaban J connectivity index is 4.72. The minimum absolute atomic E-state index is 0.0841. The molecule has 0 fully saturated rings. The van der Waals surface area contributed by atoms with Crippen molar-refractivity contribution in [3.63, 3.8) is 0 Å². The van der Waals surface area contributed by atoms with Crippen LogP contribution in [0, 0.1) is 0 Å². The lowest BCUT2D eigenvalue weighted by atomic mass is 10.1. The second-order valence-corrected chi connectivity index (χ2v) is 25.1. The molecule has 0 bridgehead atoms. The van der Waals surface area contributed by atoms with Crippen LogP contribution in [0.25, 0.3) is 0 Å². The third-order valence-electron chi connectivity index (χ3n) is 13.5. The third kappa shape index (κ3) is 66.7. The summed E-state index contributed by atoms with van der Waals surface area (Å²) in [6, 6.07) is 0. The highest BCUT2D eigenvalue weighted by Gasteiger charge is 2.29. The summed E-state index contributed by atoms with van der Waals surface area (Å²) in [5.41, 5.74) is 0. The highest BCUT2D eigenvalue weighted by molar-refractivity contribution is 7.47. The SMILES string of the molecule is CC/C=C\C/C=C\C/C=C\C/C=C\C/C=C\C/C=C\CCCCC(=O)OCC(O)COP(=O)(O)OCC(O)COP(=O)(O)OCC(COC(=O)CCCCCCC/C=C\C/C=C\C/C=C\C/C=C\C/C=C\CC)OC(=O)CCCCCCC/C=C\CCCCCC. The largest absolute Gasteiger partial charge is 0.472 e. The number of carbonyl (C=O) groups excluding carboxylic acids is 3. The fourth-order valence-corrected chi connectivity index (χ4v) is 9.94. The van der Waals surface area contributed by atoms with Crippen LogP contribution in [0.15, 0.2) is 146 Å². The fraction of sp³-hybridized carbons (Fsp3) is 0.630. The van der Waals surface area contributed by atoms with Gasteiger partial charge >= 0.3 is 33.6 Å². The van der Waals surface area contributed by atoms with Crippen LogP contribution in [0.2, 0.25) is 0 Å². The summed E-state index contributed by atoms with van der Waals surface area (Å²) >= 11 is 0. The molecule has 5 atom stereocenters. The number of aliphatic hydroxyl groups excluding tert-OH is 2. The average Bonchev–Trinajstić information content (AvgIpc) is 3.75. The summed E-state index contributed by atoms with van der Waals surface area (Å²) in [6.45, 7) is 2.31. The Kier molecular flexibility index (Phi) is 62.2. The van der Waals surface area contributed by atoms with Gasteiger partial charge < -0.3 is 34.2 Å². The third-order valence-corrected chi connectivity index (χ3v) is 15.4. The monoisotopic (exact) mass is 1310 g/mol. The van der Waals surface area contributed by atoms with Gasteiger partial charge in [0.1, 0.15) is 25.4 Å². The van der Waals surface area contributed by atoms with Crippen molar-refractivity contribution in [2.45, 2.75) is 257 Å². The number of aliphatic hydroxyl groups is 2. The van der Waals surface area contributed by atoms with Gasteiger partial charge in [0, 0.05) is 19.3 Å². The van der Waals surface area contributed by atoms with Crippen LogP contribution in [0.1, 0.15) is 239 Å². The standard InChI is InChI=1S/C73H120O16P2/c1-4-7-10-13-16-19-22-25-27-29-31-33-35-37-39-42-44-47-50-53-56-59-71(76)83-62-68(74)63-85-90(79,80)86-64-69(75)65-87-91(81,82)88-67-70(89-73(78)61-58-55-52-49-46-41-24-21-18-15-12-9-6-3)66-84-72(77)60-57-54-51-48-45-43-40-38-36-34-32-30-28-26-23-20-17-14-11-8-5-2/h7-8,10-11,16-17,19-21,24-28,31-34,37-40,44,47,68-70,74-75H,4-6,9,12-15,18,22-23,29-30,35-36,41-43,45-46,48-67H2,1-3H3,(H,79,80)(H,81,82)/b10-7-,11-8-,19-16-,20-17-,24-21-,27-25-,28-26-,33-31-,34-32-,39-37-,40-38-,47-44-. The highest BCUT2D eigenvalue weighted by Crippen LogP contribution is 2.45. The number of ether oxygens (including phenoxy) is 3. The van der Waals surface area contributed by atoms with Crippen LogP contribution in [0.4, 0.5) is 0 Å². The van der Waals surface area contributed by atoms with Gasteiger partial charge in [0.2, 0.25) is 0 Å². The first-order valence-electron chi connectivity index (χ1n) is 34.1. The first-order valence-corrected chi connectivity index (χ1v) is 37.1. The number of carbonyl (C=O) groups is 3. The molecule has 518 valence electrons. The number of hydrogen-bond acceptors (Lipinski definition) is 14. The highest BCUT2D eigenvalue weighted by atomic mass is 31.2. The van der Waals surface area contributed by atoms with Gasteiger partial charge in [-0.05, 0) is 141 Å². The predicted octanol–water partition coefficient (Wildman–Crippen LogP) is 19.0. The van der Waals surface area contributed by atoms with Crippen molar-refractivity contribution in [2.75, 3.05) is 39.6 Å². The Morgan fingerprint density at radius 1 is 0.319 bits per heavy atom. The first kappa shape index (κ1) is 86.4. The van der Waals surface area contributed by atoms with Crippen LogP contribution in [0.5, 0.6) is 0 Å². The maximum absolute atomic E-state index is 12.9. The quantitative estimate of drug-likeness (QED) is 0.0146. The van der Waals surface area contributed by atoms with E-state index in [1.54, 1.807) is 0 Å². The second kappa shape index (κ2) is 65.5. The summed E-state index contributed by atoms with van der Waals surface area (Å²) in [7, 11) is -9.80. The maximum Gasteiger partial charge on any atom is 0.472 e. The molecule has 0 rings (SSSR count). The van der Waals surface area contributed by atoms with Gasteiger partial charge in [0.05, 0.1) is 26.4 Å². The van der Waals surface area contributed by atoms with E-state index in [-0.39, 0.29) is 19.3 Å². The van der Waals surface area contributed by atoms with Crippen LogP contribution < -0.4 is 0 Å². The molecule has 0 heterocycles. The van der Waals surface area contributed by atoms with E-state index >= 15 is 0 Å². The molecule has 0 aliphatic carbocycles. The molecular formula is C73H120O16P2. The maximum atomic E-state index is 12.9.